The molecule has 2 heterocycles. The Balaban J connectivity index is 1.48. The van der Waals surface area contributed by atoms with Crippen LogP contribution in [0, 0.1) is 0 Å². The van der Waals surface area contributed by atoms with Gasteiger partial charge in [-0.05, 0) is 11.1 Å². The van der Waals surface area contributed by atoms with Gasteiger partial charge in [-0.15, -0.1) is 0 Å². The molecule has 1 N–H and O–H groups in total. The van der Waals surface area contributed by atoms with Gasteiger partial charge in [-0.25, -0.2) is 0 Å². The van der Waals surface area contributed by atoms with E-state index in [2.05, 4.69) is 39.9 Å². The van der Waals surface area contributed by atoms with Crippen LogP contribution >= 0.6 is 0 Å². The van der Waals surface area contributed by atoms with E-state index >= 15 is 0 Å². The van der Waals surface area contributed by atoms with Crippen LogP contribution in [0.1, 0.15) is 29.2 Å². The van der Waals surface area contributed by atoms with Gasteiger partial charge in [0.05, 0.1) is 18.2 Å². The molecule has 27 heavy (non-hydrogen) atoms. The predicted octanol–water partition coefficient (Wildman–Crippen LogP) is 3.27. The molecule has 0 aliphatic carbocycles. The summed E-state index contributed by atoms with van der Waals surface area (Å²) in [4.78, 5) is 17.9. The SMILES string of the molecule is O=C(NCc1ccon1)C1CC(C(c2ccccc2)c2ccccc2)=NO1. The molecule has 4 rings (SSSR count). The van der Waals surface area contributed by atoms with Crippen molar-refractivity contribution in [3.8, 4) is 0 Å². The third kappa shape index (κ3) is 3.89. The molecule has 0 spiro atoms. The lowest BCUT2D eigenvalue weighted by Crippen LogP contribution is -2.34. The topological polar surface area (TPSA) is 76.7 Å². The number of carbonyl (C=O) groups excluding carboxylic acids is 1. The zero-order valence-electron chi connectivity index (χ0n) is 14.6. The van der Waals surface area contributed by atoms with E-state index in [0.717, 1.165) is 16.8 Å². The lowest BCUT2D eigenvalue weighted by molar-refractivity contribution is -0.131. The molecule has 136 valence electrons. The minimum atomic E-state index is -0.637. The van der Waals surface area contributed by atoms with Gasteiger partial charge in [-0.3, -0.25) is 4.79 Å². The van der Waals surface area contributed by atoms with Gasteiger partial charge in [-0.1, -0.05) is 71.0 Å². The monoisotopic (exact) mass is 361 g/mol. The number of amides is 1. The highest BCUT2D eigenvalue weighted by Gasteiger charge is 2.33. The maximum absolute atomic E-state index is 12.4. The van der Waals surface area contributed by atoms with Crippen LogP contribution in [0.5, 0.6) is 0 Å². The molecular formula is C21H19N3O3. The van der Waals surface area contributed by atoms with Crippen molar-refractivity contribution in [2.45, 2.75) is 25.0 Å². The van der Waals surface area contributed by atoms with Gasteiger partial charge in [0, 0.05) is 12.5 Å². The Kier molecular flexibility index (Phi) is 4.96. The normalized spacial score (nSPS) is 16.0. The molecule has 1 amide bonds. The summed E-state index contributed by atoms with van der Waals surface area (Å²) < 4.78 is 4.76. The second-order valence-electron chi connectivity index (χ2n) is 6.34. The molecule has 2 aromatic carbocycles. The Labute approximate surface area is 156 Å². The highest BCUT2D eigenvalue weighted by molar-refractivity contribution is 5.98. The summed E-state index contributed by atoms with van der Waals surface area (Å²) >= 11 is 0. The van der Waals surface area contributed by atoms with E-state index in [0.29, 0.717) is 18.7 Å². The molecule has 1 aliphatic heterocycles. The molecule has 1 aromatic heterocycles. The minimum Gasteiger partial charge on any atom is -0.382 e. The van der Waals surface area contributed by atoms with Gasteiger partial charge in [-0.2, -0.15) is 0 Å². The molecular weight excluding hydrogens is 342 g/mol. The van der Waals surface area contributed by atoms with Gasteiger partial charge in [0.2, 0.25) is 6.10 Å². The van der Waals surface area contributed by atoms with Crippen LogP contribution < -0.4 is 5.32 Å². The van der Waals surface area contributed by atoms with E-state index in [4.69, 9.17) is 9.36 Å². The lowest BCUT2D eigenvalue weighted by atomic mass is 9.85. The predicted molar refractivity (Wildman–Crippen MR) is 100 cm³/mol. The Morgan fingerprint density at radius 3 is 2.30 bits per heavy atom. The maximum Gasteiger partial charge on any atom is 0.264 e. The lowest BCUT2D eigenvalue weighted by Gasteiger charge is -2.17. The number of hydrogen-bond acceptors (Lipinski definition) is 5. The molecule has 6 heteroatoms. The zero-order chi connectivity index (χ0) is 18.5. The fourth-order valence-corrected chi connectivity index (χ4v) is 3.20. The minimum absolute atomic E-state index is 0.0410. The number of nitrogens with zero attached hydrogens (tertiary/aromatic N) is 2. The third-order valence-corrected chi connectivity index (χ3v) is 4.52. The first-order valence-electron chi connectivity index (χ1n) is 8.80. The molecule has 0 fully saturated rings. The number of rotatable bonds is 6. The number of oxime groups is 1. The molecule has 0 saturated carbocycles. The summed E-state index contributed by atoms with van der Waals surface area (Å²) in [6, 6.07) is 22.0. The molecule has 1 atom stereocenters. The Hall–Kier alpha value is -3.41. The highest BCUT2D eigenvalue weighted by Crippen LogP contribution is 2.31. The van der Waals surface area contributed by atoms with Crippen molar-refractivity contribution in [2.75, 3.05) is 0 Å². The van der Waals surface area contributed by atoms with Crippen molar-refractivity contribution in [3.05, 3.63) is 89.8 Å². The molecule has 0 saturated heterocycles. The van der Waals surface area contributed by atoms with Crippen molar-refractivity contribution in [1.82, 2.24) is 10.5 Å². The molecule has 0 radical (unpaired) electrons. The largest absolute Gasteiger partial charge is 0.382 e. The molecule has 3 aromatic rings. The second-order valence-corrected chi connectivity index (χ2v) is 6.34. The van der Waals surface area contributed by atoms with Crippen molar-refractivity contribution < 1.29 is 14.2 Å². The average Bonchev–Trinajstić information content (AvgIpc) is 3.41. The van der Waals surface area contributed by atoms with Gasteiger partial charge < -0.3 is 14.7 Å². The van der Waals surface area contributed by atoms with E-state index in [1.54, 1.807) is 6.07 Å². The summed E-state index contributed by atoms with van der Waals surface area (Å²) in [5.41, 5.74) is 3.74. The van der Waals surface area contributed by atoms with Gasteiger partial charge in [0.15, 0.2) is 0 Å². The van der Waals surface area contributed by atoms with E-state index in [9.17, 15) is 4.79 Å². The fourth-order valence-electron chi connectivity index (χ4n) is 3.20. The molecule has 6 nitrogen and oxygen atoms in total. The van der Waals surface area contributed by atoms with Gasteiger partial charge in [0.25, 0.3) is 5.91 Å². The van der Waals surface area contributed by atoms with Crippen LogP contribution in [0.15, 0.2) is 82.7 Å². The average molecular weight is 361 g/mol. The summed E-state index contributed by atoms with van der Waals surface area (Å²) in [5, 5.41) is 10.8. The first-order chi connectivity index (χ1) is 13.3. The highest BCUT2D eigenvalue weighted by atomic mass is 16.6. The Morgan fingerprint density at radius 1 is 1.04 bits per heavy atom. The fraction of sp³-hybridized carbons (Fsp3) is 0.190. The number of nitrogens with one attached hydrogen (secondary N) is 1. The van der Waals surface area contributed by atoms with Gasteiger partial charge in [0.1, 0.15) is 12.0 Å². The smallest absolute Gasteiger partial charge is 0.264 e. The van der Waals surface area contributed by atoms with Gasteiger partial charge >= 0.3 is 0 Å². The summed E-state index contributed by atoms with van der Waals surface area (Å²) in [5.74, 6) is -0.252. The van der Waals surface area contributed by atoms with Crippen LogP contribution in [-0.2, 0) is 16.2 Å². The number of hydrogen-bond donors (Lipinski definition) is 1. The second kappa shape index (κ2) is 7.86. The maximum atomic E-state index is 12.4. The third-order valence-electron chi connectivity index (χ3n) is 4.52. The molecule has 0 bridgehead atoms. The van der Waals surface area contributed by atoms with Crippen LogP contribution in [-0.4, -0.2) is 22.9 Å². The van der Waals surface area contributed by atoms with Crippen LogP contribution in [0.2, 0.25) is 0 Å². The first-order valence-corrected chi connectivity index (χ1v) is 8.80. The van der Waals surface area contributed by atoms with Crippen LogP contribution in [0.25, 0.3) is 0 Å². The zero-order valence-corrected chi connectivity index (χ0v) is 14.6. The van der Waals surface area contributed by atoms with E-state index in [1.165, 1.54) is 6.26 Å². The van der Waals surface area contributed by atoms with Crippen molar-refractivity contribution in [1.29, 1.82) is 0 Å². The van der Waals surface area contributed by atoms with E-state index in [1.807, 2.05) is 36.4 Å². The van der Waals surface area contributed by atoms with E-state index in [-0.39, 0.29) is 11.8 Å². The number of benzene rings is 2. The standard InChI is InChI=1S/C21H19N3O3/c25-21(22-14-17-11-12-26-23-17)19-13-18(24-27-19)20(15-7-3-1-4-8-15)16-9-5-2-6-10-16/h1-12,19-20H,13-14H2,(H,22,25). The van der Waals surface area contributed by atoms with Crippen molar-refractivity contribution in [3.63, 3.8) is 0 Å². The Bertz CT molecular complexity index is 869. The summed E-state index contributed by atoms with van der Waals surface area (Å²) in [6.07, 6.45) is 1.28. The summed E-state index contributed by atoms with van der Waals surface area (Å²) in [6.45, 7) is 0.297. The van der Waals surface area contributed by atoms with Crippen LogP contribution in [0.4, 0.5) is 0 Å². The number of aromatic nitrogens is 1. The molecule has 1 aliphatic rings. The number of carbonyl (C=O) groups is 1. The summed E-state index contributed by atoms with van der Waals surface area (Å²) in [7, 11) is 0. The van der Waals surface area contributed by atoms with Crippen LogP contribution in [0.3, 0.4) is 0 Å². The first kappa shape index (κ1) is 17.0. The quantitative estimate of drug-likeness (QED) is 0.731. The molecule has 1 unspecified atom stereocenters. The van der Waals surface area contributed by atoms with Crippen molar-refractivity contribution >= 4 is 11.6 Å². The Morgan fingerprint density at radius 2 is 1.70 bits per heavy atom. The van der Waals surface area contributed by atoms with E-state index < -0.39 is 6.10 Å². The van der Waals surface area contributed by atoms with Crippen molar-refractivity contribution in [2.24, 2.45) is 5.16 Å².